The largest absolute Gasteiger partial charge is 0.469 e. The van der Waals surface area contributed by atoms with Crippen LogP contribution in [-0.2, 0) is 23.9 Å². The Balaban J connectivity index is 1.56. The van der Waals surface area contributed by atoms with E-state index >= 15 is 0 Å². The fourth-order valence-corrected chi connectivity index (χ4v) is 15.3. The summed E-state index contributed by atoms with van der Waals surface area (Å²) in [7, 11) is -0.681. The Hall–Kier alpha value is -1.99. The minimum atomic E-state index is -2.12. The molecule has 1 N–H and O–H groups in total. The molecule has 6 nitrogen and oxygen atoms in total. The highest BCUT2D eigenvalue weighted by Crippen LogP contribution is 2.71. The first-order valence-corrected chi connectivity index (χ1v) is 19.3. The second-order valence-corrected chi connectivity index (χ2v) is 19.9. The highest BCUT2D eigenvalue weighted by Gasteiger charge is 2.69. The summed E-state index contributed by atoms with van der Waals surface area (Å²) in [4.78, 5) is 37.9. The first kappa shape index (κ1) is 31.4. The van der Waals surface area contributed by atoms with E-state index in [9.17, 15) is 19.5 Å². The molecule has 0 heterocycles. The number of aliphatic hydroxyl groups is 1. The molecular formula is C35H52O6Si. The lowest BCUT2D eigenvalue weighted by atomic mass is 9.43. The molecular weight excluding hydrogens is 544 g/mol. The van der Waals surface area contributed by atoms with Crippen LogP contribution in [0.15, 0.2) is 30.3 Å². The van der Waals surface area contributed by atoms with Gasteiger partial charge in [0, 0.05) is 32.1 Å². The Bertz CT molecular complexity index is 1180. The minimum absolute atomic E-state index is 0.127. The Labute approximate surface area is 253 Å². The number of hydrogen-bond acceptors (Lipinski definition) is 6. The van der Waals surface area contributed by atoms with Gasteiger partial charge in [-0.05, 0) is 78.1 Å². The summed E-state index contributed by atoms with van der Waals surface area (Å²) < 4.78 is 11.1. The van der Waals surface area contributed by atoms with Crippen molar-refractivity contribution in [3.63, 3.8) is 0 Å². The van der Waals surface area contributed by atoms with Crippen LogP contribution in [0.1, 0.15) is 79.1 Å². The van der Waals surface area contributed by atoms with Crippen molar-refractivity contribution in [3.05, 3.63) is 30.3 Å². The third-order valence-corrected chi connectivity index (χ3v) is 17.6. The molecule has 4 saturated carbocycles. The lowest BCUT2D eigenvalue weighted by Gasteiger charge is -2.66. The Kier molecular flexibility index (Phi) is 8.60. The van der Waals surface area contributed by atoms with E-state index in [1.165, 1.54) is 19.2 Å². The number of benzene rings is 1. The SMILES string of the molecule is COC(=O)CC[C@@H](C)[C@H]1CC[C@H]2C3C(C[C@H](O)[C@]12C)[C@]1(C)[C@@H](CC(=O)C[C@H]1[Si](C)(C)c1ccccc1)C[C@H]3OC(C)=O. The number of ketones is 1. The molecule has 1 aromatic carbocycles. The van der Waals surface area contributed by atoms with Crippen molar-refractivity contribution < 1.29 is 29.0 Å². The molecule has 232 valence electrons. The predicted octanol–water partition coefficient (Wildman–Crippen LogP) is 5.91. The molecule has 0 aliphatic heterocycles. The van der Waals surface area contributed by atoms with Gasteiger partial charge in [-0.1, -0.05) is 69.4 Å². The van der Waals surface area contributed by atoms with Gasteiger partial charge in [-0.2, -0.15) is 0 Å². The van der Waals surface area contributed by atoms with Gasteiger partial charge in [0.05, 0.1) is 21.3 Å². The highest BCUT2D eigenvalue weighted by molar-refractivity contribution is 6.91. The highest BCUT2D eigenvalue weighted by atomic mass is 28.3. The van der Waals surface area contributed by atoms with Gasteiger partial charge in [-0.15, -0.1) is 0 Å². The first-order valence-electron chi connectivity index (χ1n) is 16.2. The third-order valence-electron chi connectivity index (χ3n) is 13.2. The number of carbonyl (C=O) groups excluding carboxylic acids is 3. The summed E-state index contributed by atoms with van der Waals surface area (Å²) in [5.74, 6) is 1.13. The molecule has 42 heavy (non-hydrogen) atoms. The van der Waals surface area contributed by atoms with Gasteiger partial charge in [0.2, 0.25) is 0 Å². The molecule has 0 spiro atoms. The Morgan fingerprint density at radius 3 is 2.38 bits per heavy atom. The smallest absolute Gasteiger partial charge is 0.305 e. The van der Waals surface area contributed by atoms with Crippen LogP contribution in [0.3, 0.4) is 0 Å². The lowest BCUT2D eigenvalue weighted by molar-refractivity contribution is -0.211. The van der Waals surface area contributed by atoms with E-state index in [1.807, 2.05) is 0 Å². The number of hydrogen-bond donors (Lipinski definition) is 1. The molecule has 4 fully saturated rings. The standard InChI is InChI=1S/C35H52O6Si/c1-21(13-16-32(39)40-5)26-14-15-27-33-28(20-30(38)35(26,27)4)34(3)23(18-29(33)41-22(2)36)17-24(37)19-31(34)42(6,7)25-11-9-8-10-12-25/h8-12,21,23,26-31,33,38H,13-20H2,1-7H3/t21-,23+,26-,27+,28?,29-,30+,31-,33?,34+,35-/m1/s1. The molecule has 11 atom stereocenters. The topological polar surface area (TPSA) is 89.9 Å². The predicted molar refractivity (Wildman–Crippen MR) is 166 cm³/mol. The number of methoxy groups -OCH3 is 1. The van der Waals surface area contributed by atoms with Crippen LogP contribution in [0, 0.1) is 46.3 Å². The summed E-state index contributed by atoms with van der Waals surface area (Å²) in [5.41, 5.74) is -0.195. The van der Waals surface area contributed by atoms with Gasteiger partial charge in [-0.25, -0.2) is 0 Å². The number of ether oxygens (including phenoxy) is 2. The van der Waals surface area contributed by atoms with Gasteiger partial charge < -0.3 is 14.6 Å². The van der Waals surface area contributed by atoms with E-state index in [0.717, 1.165) is 25.7 Å². The second kappa shape index (κ2) is 11.5. The molecule has 5 rings (SSSR count). The van der Waals surface area contributed by atoms with E-state index in [4.69, 9.17) is 9.47 Å². The van der Waals surface area contributed by atoms with Gasteiger partial charge in [0.1, 0.15) is 11.9 Å². The van der Waals surface area contributed by atoms with Crippen LogP contribution in [-0.4, -0.2) is 50.2 Å². The van der Waals surface area contributed by atoms with Crippen molar-refractivity contribution in [1.29, 1.82) is 0 Å². The first-order chi connectivity index (χ1) is 19.8. The van der Waals surface area contributed by atoms with Crippen molar-refractivity contribution in [2.24, 2.45) is 46.3 Å². The maximum Gasteiger partial charge on any atom is 0.305 e. The molecule has 0 saturated heterocycles. The van der Waals surface area contributed by atoms with Crippen LogP contribution in [0.4, 0.5) is 0 Å². The zero-order valence-electron chi connectivity index (χ0n) is 26.7. The number of fused-ring (bicyclic) bond motifs is 5. The van der Waals surface area contributed by atoms with Crippen molar-refractivity contribution in [1.82, 2.24) is 0 Å². The van der Waals surface area contributed by atoms with Crippen LogP contribution < -0.4 is 5.19 Å². The Morgan fingerprint density at radius 2 is 1.74 bits per heavy atom. The van der Waals surface area contributed by atoms with Gasteiger partial charge in [0.25, 0.3) is 0 Å². The van der Waals surface area contributed by atoms with Crippen molar-refractivity contribution in [2.45, 2.75) is 110 Å². The van der Waals surface area contributed by atoms with Crippen LogP contribution in [0.25, 0.3) is 0 Å². The van der Waals surface area contributed by atoms with Gasteiger partial charge >= 0.3 is 11.9 Å². The number of Topliss-reactive ketones (excluding diaryl/α,β-unsaturated/α-hetero) is 1. The zero-order valence-corrected chi connectivity index (χ0v) is 27.7. The minimum Gasteiger partial charge on any atom is -0.469 e. The van der Waals surface area contributed by atoms with E-state index in [0.29, 0.717) is 31.5 Å². The maximum absolute atomic E-state index is 13.4. The number of carbonyl (C=O) groups is 3. The summed E-state index contributed by atoms with van der Waals surface area (Å²) >= 11 is 0. The fraction of sp³-hybridized carbons (Fsp3) is 0.743. The average molecular weight is 597 g/mol. The molecule has 0 bridgehead atoms. The van der Waals surface area contributed by atoms with Crippen LogP contribution >= 0.6 is 0 Å². The van der Waals surface area contributed by atoms with Gasteiger partial charge in [0.15, 0.2) is 0 Å². The van der Waals surface area contributed by atoms with Gasteiger partial charge in [-0.3, -0.25) is 14.4 Å². The molecule has 2 unspecified atom stereocenters. The number of rotatable bonds is 7. The monoisotopic (exact) mass is 596 g/mol. The van der Waals surface area contributed by atoms with Crippen LogP contribution in [0.5, 0.6) is 0 Å². The Morgan fingerprint density at radius 1 is 1.05 bits per heavy atom. The lowest BCUT2D eigenvalue weighted by Crippen LogP contribution is -2.67. The number of aliphatic hydroxyl groups excluding tert-OH is 1. The summed E-state index contributed by atoms with van der Waals surface area (Å²) in [5, 5.41) is 13.6. The van der Waals surface area contributed by atoms with Crippen molar-refractivity contribution in [3.8, 4) is 0 Å². The fourth-order valence-electron chi connectivity index (χ4n) is 11.1. The summed E-state index contributed by atoms with van der Waals surface area (Å²) in [6, 6.07) is 10.8. The average Bonchev–Trinajstić information content (AvgIpc) is 3.31. The normalized spacial score (nSPS) is 40.3. The van der Waals surface area contributed by atoms with Crippen molar-refractivity contribution in [2.75, 3.05) is 7.11 Å². The molecule has 7 heteroatoms. The molecule has 4 aliphatic carbocycles. The molecule has 1 aromatic rings. The quantitative estimate of drug-likeness (QED) is 0.311. The van der Waals surface area contributed by atoms with E-state index in [-0.39, 0.29) is 69.9 Å². The van der Waals surface area contributed by atoms with E-state index in [2.05, 4.69) is 64.2 Å². The third kappa shape index (κ3) is 5.00. The molecule has 4 aliphatic rings. The maximum atomic E-state index is 13.4. The molecule has 0 amide bonds. The summed E-state index contributed by atoms with van der Waals surface area (Å²) in [6.07, 6.45) is 4.95. The summed E-state index contributed by atoms with van der Waals surface area (Å²) in [6.45, 7) is 13.3. The zero-order chi connectivity index (χ0) is 30.6. The molecule has 0 radical (unpaired) electrons. The van der Waals surface area contributed by atoms with E-state index < -0.39 is 14.2 Å². The van der Waals surface area contributed by atoms with Crippen LogP contribution in [0.2, 0.25) is 18.6 Å². The second-order valence-electron chi connectivity index (χ2n) is 15.2. The van der Waals surface area contributed by atoms with E-state index in [1.54, 1.807) is 0 Å². The number of esters is 2. The molecule has 0 aromatic heterocycles. The van der Waals surface area contributed by atoms with Crippen molar-refractivity contribution >= 4 is 31.0 Å².